The van der Waals surface area contributed by atoms with Gasteiger partial charge in [-0.05, 0) is 72.9 Å². The summed E-state index contributed by atoms with van der Waals surface area (Å²) in [5.74, 6) is 2.48. The molecule has 3 aromatic rings. The number of aldehydes is 1. The lowest BCUT2D eigenvalue weighted by atomic mass is 9.83. The molecule has 8 nitrogen and oxygen atoms in total. The van der Waals surface area contributed by atoms with E-state index in [1.54, 1.807) is 6.07 Å². The summed E-state index contributed by atoms with van der Waals surface area (Å²) in [4.78, 5) is 19.2. The first-order valence-corrected chi connectivity index (χ1v) is 14.8. The molecule has 1 heterocycles. The summed E-state index contributed by atoms with van der Waals surface area (Å²) in [5, 5.41) is 0. The number of anilines is 1. The molecule has 0 radical (unpaired) electrons. The zero-order valence-electron chi connectivity index (χ0n) is 22.1. The monoisotopic (exact) mass is 537 g/mol. The molecule has 0 spiro atoms. The first-order chi connectivity index (χ1) is 18.2. The molecule has 38 heavy (non-hydrogen) atoms. The molecule has 1 saturated carbocycles. The van der Waals surface area contributed by atoms with Crippen LogP contribution in [0.2, 0.25) is 0 Å². The van der Waals surface area contributed by atoms with Crippen molar-refractivity contribution in [2.24, 2.45) is 11.8 Å². The molecule has 2 aromatic carbocycles. The SMILES string of the molecule is CC(C)c1cc(-c2ccccc2OCC2CCC(C=O)CC2)ccc1OCc1ccnc(NS(C)(=O)=O)n1. The number of ether oxygens (including phenoxy) is 2. The molecule has 9 heteroatoms. The van der Waals surface area contributed by atoms with Gasteiger partial charge in [-0.25, -0.2) is 18.4 Å². The number of sulfonamides is 1. The van der Waals surface area contributed by atoms with Gasteiger partial charge in [0.2, 0.25) is 16.0 Å². The first-order valence-electron chi connectivity index (χ1n) is 13.0. The van der Waals surface area contributed by atoms with Crippen molar-refractivity contribution in [1.29, 1.82) is 0 Å². The van der Waals surface area contributed by atoms with Crippen molar-refractivity contribution in [3.63, 3.8) is 0 Å². The van der Waals surface area contributed by atoms with Crippen molar-refractivity contribution in [1.82, 2.24) is 9.97 Å². The second-order valence-electron chi connectivity index (χ2n) is 10.2. The largest absolute Gasteiger partial charge is 0.493 e. The Morgan fingerprint density at radius 3 is 2.50 bits per heavy atom. The number of rotatable bonds is 11. The molecule has 0 unspecified atom stereocenters. The van der Waals surface area contributed by atoms with E-state index in [-0.39, 0.29) is 24.4 Å². The van der Waals surface area contributed by atoms with Gasteiger partial charge in [0.05, 0.1) is 18.6 Å². The maximum absolute atomic E-state index is 11.5. The van der Waals surface area contributed by atoms with Gasteiger partial charge in [0, 0.05) is 17.7 Å². The molecular weight excluding hydrogens is 502 g/mol. The Labute approximate surface area is 224 Å². The number of aromatic nitrogens is 2. The normalized spacial score (nSPS) is 17.7. The molecule has 1 fully saturated rings. The highest BCUT2D eigenvalue weighted by atomic mass is 32.2. The van der Waals surface area contributed by atoms with Crippen LogP contribution in [0.25, 0.3) is 11.1 Å². The van der Waals surface area contributed by atoms with Crippen molar-refractivity contribution in [3.8, 4) is 22.6 Å². The van der Waals surface area contributed by atoms with Crippen LogP contribution >= 0.6 is 0 Å². The third-order valence-corrected chi connectivity index (χ3v) is 7.31. The molecule has 0 saturated heterocycles. The summed E-state index contributed by atoms with van der Waals surface area (Å²) in [5.41, 5.74) is 3.68. The summed E-state index contributed by atoms with van der Waals surface area (Å²) < 4.78 is 37.7. The van der Waals surface area contributed by atoms with E-state index in [9.17, 15) is 13.2 Å². The molecular formula is C29H35N3O5S. The van der Waals surface area contributed by atoms with Gasteiger partial charge in [-0.15, -0.1) is 0 Å². The average molecular weight is 538 g/mol. The van der Waals surface area contributed by atoms with E-state index >= 15 is 0 Å². The Kier molecular flexibility index (Phi) is 8.99. The predicted octanol–water partition coefficient (Wildman–Crippen LogP) is 5.60. The van der Waals surface area contributed by atoms with Crippen molar-refractivity contribution in [3.05, 3.63) is 66.0 Å². The molecule has 0 atom stereocenters. The molecule has 0 amide bonds. The third-order valence-electron chi connectivity index (χ3n) is 6.75. The molecule has 1 N–H and O–H groups in total. The summed E-state index contributed by atoms with van der Waals surface area (Å²) >= 11 is 0. The highest BCUT2D eigenvalue weighted by molar-refractivity contribution is 7.91. The van der Waals surface area contributed by atoms with Gasteiger partial charge in [0.25, 0.3) is 0 Å². The van der Waals surface area contributed by atoms with E-state index in [0.717, 1.165) is 66.4 Å². The number of nitrogens with one attached hydrogen (secondary N) is 1. The predicted molar refractivity (Wildman–Crippen MR) is 148 cm³/mol. The van der Waals surface area contributed by atoms with E-state index in [2.05, 4.69) is 40.7 Å². The van der Waals surface area contributed by atoms with Gasteiger partial charge < -0.3 is 14.3 Å². The smallest absolute Gasteiger partial charge is 0.236 e. The van der Waals surface area contributed by atoms with Crippen LogP contribution in [-0.4, -0.2) is 37.5 Å². The number of benzene rings is 2. The Hall–Kier alpha value is -3.46. The van der Waals surface area contributed by atoms with E-state index in [4.69, 9.17) is 9.47 Å². The van der Waals surface area contributed by atoms with Crippen LogP contribution in [0, 0.1) is 11.8 Å². The average Bonchev–Trinajstić information content (AvgIpc) is 2.90. The Morgan fingerprint density at radius 1 is 1.03 bits per heavy atom. The van der Waals surface area contributed by atoms with Gasteiger partial charge in [-0.3, -0.25) is 4.72 Å². The molecule has 1 aromatic heterocycles. The lowest BCUT2D eigenvalue weighted by molar-refractivity contribution is -0.112. The van der Waals surface area contributed by atoms with Crippen LogP contribution in [-0.2, 0) is 21.4 Å². The molecule has 4 rings (SSSR count). The number of nitrogens with zero attached hydrogens (tertiary/aromatic N) is 2. The van der Waals surface area contributed by atoms with Crippen LogP contribution in [0.4, 0.5) is 5.95 Å². The lowest BCUT2D eigenvalue weighted by Crippen LogP contribution is -2.20. The standard InChI is InChI=1S/C29H35N3O5S/c1-20(2)26-16-23(12-13-28(26)37-19-24-14-15-30-29(31-24)32-38(3,34)35)25-6-4-5-7-27(25)36-18-22-10-8-21(17-33)9-11-22/h4-7,12-17,20-22H,8-11,18-19H2,1-3H3,(H,30,31,32). The minimum absolute atomic E-state index is 0.0152. The van der Waals surface area contributed by atoms with E-state index in [0.29, 0.717) is 18.2 Å². The summed E-state index contributed by atoms with van der Waals surface area (Å²) in [7, 11) is -3.47. The fourth-order valence-corrected chi connectivity index (χ4v) is 5.10. The van der Waals surface area contributed by atoms with Crippen LogP contribution in [0.5, 0.6) is 11.5 Å². The quantitative estimate of drug-likeness (QED) is 0.317. The number of carbonyl (C=O) groups excluding carboxylic acids is 1. The van der Waals surface area contributed by atoms with Crippen molar-refractivity contribution in [2.75, 3.05) is 17.6 Å². The number of carbonyl (C=O) groups is 1. The Bertz CT molecular complexity index is 1350. The minimum atomic E-state index is -3.47. The maximum atomic E-state index is 11.5. The van der Waals surface area contributed by atoms with Crippen molar-refractivity contribution in [2.45, 2.75) is 52.1 Å². The fraction of sp³-hybridized carbons (Fsp3) is 0.414. The molecule has 1 aliphatic rings. The summed E-state index contributed by atoms with van der Waals surface area (Å²) in [6.45, 7) is 5.05. The van der Waals surface area contributed by atoms with E-state index < -0.39 is 10.0 Å². The molecule has 0 bridgehead atoms. The topological polar surface area (TPSA) is 107 Å². The maximum Gasteiger partial charge on any atom is 0.236 e. The second-order valence-corrected chi connectivity index (χ2v) is 11.9. The van der Waals surface area contributed by atoms with Crippen molar-refractivity contribution < 1.29 is 22.7 Å². The van der Waals surface area contributed by atoms with Gasteiger partial charge in [0.1, 0.15) is 24.4 Å². The van der Waals surface area contributed by atoms with Crippen LogP contribution in [0.15, 0.2) is 54.7 Å². The minimum Gasteiger partial charge on any atom is -0.493 e. The van der Waals surface area contributed by atoms with Gasteiger partial charge >= 0.3 is 0 Å². The number of para-hydroxylation sites is 1. The van der Waals surface area contributed by atoms with Crippen LogP contribution in [0.1, 0.15) is 56.7 Å². The lowest BCUT2D eigenvalue weighted by Gasteiger charge is -2.25. The van der Waals surface area contributed by atoms with Crippen LogP contribution in [0.3, 0.4) is 0 Å². The second kappa shape index (κ2) is 12.4. The molecule has 0 aliphatic heterocycles. The number of hydrogen-bond acceptors (Lipinski definition) is 7. The number of hydrogen-bond donors (Lipinski definition) is 1. The van der Waals surface area contributed by atoms with Crippen LogP contribution < -0.4 is 14.2 Å². The third kappa shape index (κ3) is 7.54. The summed E-state index contributed by atoms with van der Waals surface area (Å²) in [6, 6.07) is 15.9. The molecule has 1 aliphatic carbocycles. The zero-order chi connectivity index (χ0) is 27.1. The van der Waals surface area contributed by atoms with E-state index in [1.807, 2.05) is 30.3 Å². The zero-order valence-corrected chi connectivity index (χ0v) is 22.9. The first kappa shape index (κ1) is 27.6. The Balaban J connectivity index is 1.48. The summed E-state index contributed by atoms with van der Waals surface area (Å²) in [6.07, 6.45) is 7.58. The van der Waals surface area contributed by atoms with Gasteiger partial charge in [-0.2, -0.15) is 0 Å². The fourth-order valence-electron chi connectivity index (χ4n) is 4.67. The Morgan fingerprint density at radius 2 is 1.79 bits per heavy atom. The van der Waals surface area contributed by atoms with Crippen molar-refractivity contribution >= 4 is 22.3 Å². The highest BCUT2D eigenvalue weighted by Crippen LogP contribution is 2.37. The van der Waals surface area contributed by atoms with Gasteiger partial charge in [0.15, 0.2) is 0 Å². The van der Waals surface area contributed by atoms with E-state index in [1.165, 1.54) is 6.20 Å². The molecule has 202 valence electrons. The van der Waals surface area contributed by atoms with Gasteiger partial charge in [-0.1, -0.05) is 38.1 Å². The highest BCUT2D eigenvalue weighted by Gasteiger charge is 2.22.